The SMILES string of the molecule is Oc1ccc(Cc2ccccc2Cc2ccc(O)cc2)cc1. The second-order valence-corrected chi connectivity index (χ2v) is 5.46. The van der Waals surface area contributed by atoms with E-state index in [9.17, 15) is 10.2 Å². The van der Waals surface area contributed by atoms with E-state index in [0.29, 0.717) is 11.5 Å². The van der Waals surface area contributed by atoms with Gasteiger partial charge in [0.25, 0.3) is 0 Å². The fourth-order valence-corrected chi connectivity index (χ4v) is 2.57. The zero-order valence-electron chi connectivity index (χ0n) is 12.2. The number of benzene rings is 3. The summed E-state index contributed by atoms with van der Waals surface area (Å²) < 4.78 is 0. The van der Waals surface area contributed by atoms with Gasteiger partial charge in [-0.1, -0.05) is 48.5 Å². The molecule has 110 valence electrons. The molecule has 0 bridgehead atoms. The van der Waals surface area contributed by atoms with Gasteiger partial charge in [-0.2, -0.15) is 0 Å². The highest BCUT2D eigenvalue weighted by Gasteiger charge is 2.05. The summed E-state index contributed by atoms with van der Waals surface area (Å²) in [5.74, 6) is 0.585. The van der Waals surface area contributed by atoms with Gasteiger partial charge in [-0.15, -0.1) is 0 Å². The summed E-state index contributed by atoms with van der Waals surface area (Å²) >= 11 is 0. The molecule has 0 radical (unpaired) electrons. The molecule has 3 aromatic rings. The van der Waals surface area contributed by atoms with Gasteiger partial charge in [0.05, 0.1) is 0 Å². The van der Waals surface area contributed by atoms with Crippen molar-refractivity contribution in [2.75, 3.05) is 0 Å². The third-order valence-corrected chi connectivity index (χ3v) is 3.78. The van der Waals surface area contributed by atoms with Crippen LogP contribution >= 0.6 is 0 Å². The Morgan fingerprint density at radius 2 is 0.864 bits per heavy atom. The van der Waals surface area contributed by atoms with Gasteiger partial charge in [0, 0.05) is 0 Å². The standard InChI is InChI=1S/C20H18O2/c21-19-9-5-15(6-10-19)13-17-3-1-2-4-18(17)14-16-7-11-20(22)12-8-16/h1-12,21-22H,13-14H2. The normalized spacial score (nSPS) is 10.5. The Hall–Kier alpha value is -2.74. The van der Waals surface area contributed by atoms with Crippen LogP contribution in [-0.2, 0) is 12.8 Å². The van der Waals surface area contributed by atoms with Crippen LogP contribution < -0.4 is 0 Å². The van der Waals surface area contributed by atoms with Gasteiger partial charge in [0.1, 0.15) is 11.5 Å². The minimum Gasteiger partial charge on any atom is -0.508 e. The summed E-state index contributed by atoms with van der Waals surface area (Å²) in [5.41, 5.74) is 4.91. The maximum atomic E-state index is 9.37. The Bertz CT molecular complexity index is 677. The second kappa shape index (κ2) is 6.35. The largest absolute Gasteiger partial charge is 0.508 e. The average Bonchev–Trinajstić information content (AvgIpc) is 2.54. The van der Waals surface area contributed by atoms with Crippen LogP contribution in [0.5, 0.6) is 11.5 Å². The van der Waals surface area contributed by atoms with E-state index in [1.165, 1.54) is 22.3 Å². The van der Waals surface area contributed by atoms with Crippen LogP contribution in [0.4, 0.5) is 0 Å². The van der Waals surface area contributed by atoms with Crippen LogP contribution in [0.3, 0.4) is 0 Å². The highest BCUT2D eigenvalue weighted by atomic mass is 16.3. The van der Waals surface area contributed by atoms with Crippen LogP contribution in [0.15, 0.2) is 72.8 Å². The van der Waals surface area contributed by atoms with E-state index in [1.54, 1.807) is 24.3 Å². The molecule has 2 nitrogen and oxygen atoms in total. The highest BCUT2D eigenvalue weighted by Crippen LogP contribution is 2.20. The lowest BCUT2D eigenvalue weighted by Crippen LogP contribution is -1.97. The molecule has 3 aromatic carbocycles. The minimum absolute atomic E-state index is 0.293. The van der Waals surface area contributed by atoms with E-state index in [0.717, 1.165) is 12.8 Å². The van der Waals surface area contributed by atoms with E-state index in [4.69, 9.17) is 0 Å². The van der Waals surface area contributed by atoms with Crippen LogP contribution in [0.25, 0.3) is 0 Å². The minimum atomic E-state index is 0.293. The molecule has 0 saturated carbocycles. The Kier molecular flexibility index (Phi) is 4.10. The molecule has 0 fully saturated rings. The molecule has 3 rings (SSSR count). The Labute approximate surface area is 130 Å². The van der Waals surface area contributed by atoms with Crippen molar-refractivity contribution >= 4 is 0 Å². The molecule has 0 spiro atoms. The first-order valence-corrected chi connectivity index (χ1v) is 7.33. The van der Waals surface area contributed by atoms with Crippen molar-refractivity contribution < 1.29 is 10.2 Å². The highest BCUT2D eigenvalue weighted by molar-refractivity contribution is 5.38. The second-order valence-electron chi connectivity index (χ2n) is 5.46. The molecule has 0 aromatic heterocycles. The summed E-state index contributed by atoms with van der Waals surface area (Å²) in [6, 6.07) is 23.1. The van der Waals surface area contributed by atoms with Crippen molar-refractivity contribution in [3.63, 3.8) is 0 Å². The summed E-state index contributed by atoms with van der Waals surface area (Å²) in [4.78, 5) is 0. The monoisotopic (exact) mass is 290 g/mol. The van der Waals surface area contributed by atoms with Crippen molar-refractivity contribution in [1.29, 1.82) is 0 Å². The maximum Gasteiger partial charge on any atom is 0.115 e. The lowest BCUT2D eigenvalue weighted by atomic mass is 9.95. The molecule has 0 aliphatic rings. The number of phenols is 2. The van der Waals surface area contributed by atoms with Gasteiger partial charge < -0.3 is 10.2 Å². The third-order valence-electron chi connectivity index (χ3n) is 3.78. The topological polar surface area (TPSA) is 40.5 Å². The number of hydrogen-bond acceptors (Lipinski definition) is 2. The molecular formula is C20H18O2. The first-order chi connectivity index (χ1) is 10.7. The zero-order valence-corrected chi connectivity index (χ0v) is 12.2. The average molecular weight is 290 g/mol. The molecule has 2 N–H and O–H groups in total. The predicted octanol–water partition coefficient (Wildman–Crippen LogP) is 4.28. The van der Waals surface area contributed by atoms with Crippen molar-refractivity contribution in [3.05, 3.63) is 95.1 Å². The number of phenolic OH excluding ortho intramolecular Hbond substituents is 2. The molecule has 0 unspecified atom stereocenters. The van der Waals surface area contributed by atoms with E-state index >= 15 is 0 Å². The smallest absolute Gasteiger partial charge is 0.115 e. The third kappa shape index (κ3) is 3.47. The molecule has 0 heterocycles. The van der Waals surface area contributed by atoms with E-state index in [1.807, 2.05) is 24.3 Å². The lowest BCUT2D eigenvalue weighted by Gasteiger charge is -2.10. The summed E-state index contributed by atoms with van der Waals surface area (Å²) in [5, 5.41) is 18.7. The van der Waals surface area contributed by atoms with Crippen LogP contribution in [0, 0.1) is 0 Å². The van der Waals surface area contributed by atoms with Gasteiger partial charge in [0.15, 0.2) is 0 Å². The van der Waals surface area contributed by atoms with Crippen LogP contribution in [-0.4, -0.2) is 10.2 Å². The summed E-state index contributed by atoms with van der Waals surface area (Å²) in [6.45, 7) is 0. The zero-order chi connectivity index (χ0) is 15.4. The molecular weight excluding hydrogens is 272 g/mol. The van der Waals surface area contributed by atoms with Gasteiger partial charge >= 0.3 is 0 Å². The summed E-state index contributed by atoms with van der Waals surface area (Å²) in [6.07, 6.45) is 1.68. The molecule has 22 heavy (non-hydrogen) atoms. The van der Waals surface area contributed by atoms with E-state index in [-0.39, 0.29) is 0 Å². The Balaban J connectivity index is 1.83. The fourth-order valence-electron chi connectivity index (χ4n) is 2.57. The van der Waals surface area contributed by atoms with Crippen LogP contribution in [0.1, 0.15) is 22.3 Å². The predicted molar refractivity (Wildman–Crippen MR) is 88.3 cm³/mol. The van der Waals surface area contributed by atoms with Gasteiger partial charge in [-0.05, 0) is 59.4 Å². The fraction of sp³-hybridized carbons (Fsp3) is 0.100. The molecule has 0 saturated heterocycles. The molecule has 0 amide bonds. The molecule has 0 aliphatic heterocycles. The molecule has 2 heteroatoms. The van der Waals surface area contributed by atoms with Crippen molar-refractivity contribution in [2.45, 2.75) is 12.8 Å². The molecule has 0 aliphatic carbocycles. The van der Waals surface area contributed by atoms with E-state index < -0.39 is 0 Å². The van der Waals surface area contributed by atoms with Crippen LogP contribution in [0.2, 0.25) is 0 Å². The van der Waals surface area contributed by atoms with Gasteiger partial charge in [-0.25, -0.2) is 0 Å². The van der Waals surface area contributed by atoms with Gasteiger partial charge in [0.2, 0.25) is 0 Å². The lowest BCUT2D eigenvalue weighted by molar-refractivity contribution is 0.474. The summed E-state index contributed by atoms with van der Waals surface area (Å²) in [7, 11) is 0. The first-order valence-electron chi connectivity index (χ1n) is 7.33. The number of rotatable bonds is 4. The molecule has 0 atom stereocenters. The van der Waals surface area contributed by atoms with Gasteiger partial charge in [-0.3, -0.25) is 0 Å². The Morgan fingerprint density at radius 1 is 0.500 bits per heavy atom. The van der Waals surface area contributed by atoms with Crippen molar-refractivity contribution in [2.24, 2.45) is 0 Å². The first kappa shape index (κ1) is 14.2. The van der Waals surface area contributed by atoms with E-state index in [2.05, 4.69) is 24.3 Å². The van der Waals surface area contributed by atoms with Crippen molar-refractivity contribution in [3.8, 4) is 11.5 Å². The quantitative estimate of drug-likeness (QED) is 0.753. The number of aromatic hydroxyl groups is 2. The number of hydrogen-bond donors (Lipinski definition) is 2. The van der Waals surface area contributed by atoms with Crippen molar-refractivity contribution in [1.82, 2.24) is 0 Å². The Morgan fingerprint density at radius 3 is 1.23 bits per heavy atom. The maximum absolute atomic E-state index is 9.37.